The normalized spacial score (nSPS) is 18.5. The number of para-hydroxylation sites is 2. The Morgan fingerprint density at radius 2 is 1.26 bits per heavy atom. The van der Waals surface area contributed by atoms with Crippen molar-refractivity contribution in [1.29, 1.82) is 0 Å². The summed E-state index contributed by atoms with van der Waals surface area (Å²) >= 11 is 0. The molecule has 0 aliphatic carbocycles. The lowest BCUT2D eigenvalue weighted by Crippen LogP contribution is -2.56. The van der Waals surface area contributed by atoms with Crippen LogP contribution < -0.4 is 9.04 Å². The van der Waals surface area contributed by atoms with Crippen molar-refractivity contribution < 1.29 is 26.4 Å². The number of carbonyl (C=O) groups excluding carboxylic acids is 1. The topological polar surface area (TPSA) is 104 Å². The van der Waals surface area contributed by atoms with Gasteiger partial charge in [-0.15, -0.1) is 0 Å². The maximum Gasteiger partial charge on any atom is 0.265 e. The summed E-state index contributed by atoms with van der Waals surface area (Å²) in [5.41, 5.74) is 2.26. The van der Waals surface area contributed by atoms with E-state index in [2.05, 4.69) is 0 Å². The summed E-state index contributed by atoms with van der Waals surface area (Å²) in [6.45, 7) is 4.20. The van der Waals surface area contributed by atoms with Crippen LogP contribution in [0.1, 0.15) is 11.1 Å². The van der Waals surface area contributed by atoms with Gasteiger partial charge in [-0.2, -0.15) is 4.31 Å². The fourth-order valence-electron chi connectivity index (χ4n) is 4.61. The molecule has 38 heavy (non-hydrogen) atoms. The van der Waals surface area contributed by atoms with Crippen LogP contribution in [0.3, 0.4) is 0 Å². The lowest BCUT2D eigenvalue weighted by Gasteiger charge is -2.39. The van der Waals surface area contributed by atoms with Crippen molar-refractivity contribution in [3.63, 3.8) is 0 Å². The Morgan fingerprint density at radius 3 is 1.84 bits per heavy atom. The predicted molar refractivity (Wildman–Crippen MR) is 143 cm³/mol. The Morgan fingerprint density at radius 1 is 0.737 bits per heavy atom. The van der Waals surface area contributed by atoms with Crippen molar-refractivity contribution in [2.45, 2.75) is 29.7 Å². The monoisotopic (exact) mass is 555 g/mol. The number of nitrogens with zero attached hydrogens (tertiary/aromatic N) is 3. The number of piperazine rings is 1. The van der Waals surface area contributed by atoms with Crippen LogP contribution >= 0.6 is 0 Å². The number of amides is 1. The Labute approximate surface area is 223 Å². The maximum atomic E-state index is 13.6. The van der Waals surface area contributed by atoms with Crippen LogP contribution in [-0.2, 0) is 24.8 Å². The van der Waals surface area contributed by atoms with Crippen LogP contribution in [0.15, 0.2) is 82.6 Å². The highest BCUT2D eigenvalue weighted by atomic mass is 32.2. The average molecular weight is 556 g/mol. The van der Waals surface area contributed by atoms with Gasteiger partial charge in [0.2, 0.25) is 10.0 Å². The molecule has 1 amide bonds. The molecule has 2 aliphatic heterocycles. The van der Waals surface area contributed by atoms with Crippen molar-refractivity contribution in [1.82, 2.24) is 9.21 Å². The zero-order valence-corrected chi connectivity index (χ0v) is 22.8. The third-order valence-electron chi connectivity index (χ3n) is 6.83. The van der Waals surface area contributed by atoms with Crippen molar-refractivity contribution >= 4 is 31.6 Å². The first-order valence-corrected chi connectivity index (χ1v) is 15.2. The van der Waals surface area contributed by atoms with Gasteiger partial charge in [-0.05, 0) is 50.2 Å². The summed E-state index contributed by atoms with van der Waals surface area (Å²) in [4.78, 5) is 15.4. The lowest BCUT2D eigenvalue weighted by molar-refractivity contribution is -0.139. The molecule has 11 heteroatoms. The van der Waals surface area contributed by atoms with E-state index in [0.717, 1.165) is 11.1 Å². The zero-order chi connectivity index (χ0) is 27.1. The molecule has 0 bridgehead atoms. The molecular formula is C27H29N3O6S2. The first kappa shape index (κ1) is 26.2. The summed E-state index contributed by atoms with van der Waals surface area (Å²) in [6.07, 6.45) is -1.06. The number of carbonyl (C=O) groups is 1. The number of anilines is 1. The molecule has 0 spiro atoms. The number of ether oxygens (including phenoxy) is 1. The van der Waals surface area contributed by atoms with Crippen LogP contribution in [0, 0.1) is 13.8 Å². The largest absolute Gasteiger partial charge is 0.476 e. The average Bonchev–Trinajstić information content (AvgIpc) is 2.92. The second-order valence-electron chi connectivity index (χ2n) is 9.47. The Balaban J connectivity index is 1.34. The molecule has 0 unspecified atom stereocenters. The third-order valence-corrected chi connectivity index (χ3v) is 10.5. The van der Waals surface area contributed by atoms with E-state index in [4.69, 9.17) is 4.74 Å². The molecule has 9 nitrogen and oxygen atoms in total. The molecule has 3 aromatic rings. The number of benzene rings is 3. The fourth-order valence-corrected chi connectivity index (χ4v) is 7.51. The van der Waals surface area contributed by atoms with E-state index in [0.29, 0.717) is 11.4 Å². The van der Waals surface area contributed by atoms with Crippen LogP contribution in [-0.4, -0.2) is 70.8 Å². The van der Waals surface area contributed by atoms with Gasteiger partial charge in [0.05, 0.1) is 22.0 Å². The van der Waals surface area contributed by atoms with Gasteiger partial charge in [-0.25, -0.2) is 16.8 Å². The molecule has 0 radical (unpaired) electrons. The van der Waals surface area contributed by atoms with E-state index in [1.807, 2.05) is 13.8 Å². The molecule has 200 valence electrons. The SMILES string of the molecule is Cc1ccc(S(=O)(=O)N2CCN(C(=O)[C@H]3CN(S(=O)(=O)c4ccc(C)cc4)c4ccccc4O3)CC2)cc1. The summed E-state index contributed by atoms with van der Waals surface area (Å²) < 4.78 is 61.8. The first-order valence-electron chi connectivity index (χ1n) is 12.3. The lowest BCUT2D eigenvalue weighted by atomic mass is 10.2. The van der Waals surface area contributed by atoms with Crippen LogP contribution in [0.5, 0.6) is 5.75 Å². The van der Waals surface area contributed by atoms with Gasteiger partial charge < -0.3 is 9.64 Å². The Hall–Kier alpha value is -3.41. The number of sulfonamides is 2. The van der Waals surface area contributed by atoms with Crippen LogP contribution in [0.2, 0.25) is 0 Å². The molecule has 0 saturated carbocycles. The molecule has 2 aliphatic rings. The summed E-state index contributed by atoms with van der Waals surface area (Å²) in [6, 6.07) is 19.9. The fraction of sp³-hybridized carbons (Fsp3) is 0.296. The standard InChI is InChI=1S/C27H29N3O6S2/c1-20-7-11-22(12-8-20)37(32,33)29-17-15-28(16-18-29)27(31)26-19-30(24-5-3-4-6-25(24)36-26)38(34,35)23-13-9-21(2)10-14-23/h3-14,26H,15-19H2,1-2H3/t26-/m1/s1. The van der Waals surface area contributed by atoms with E-state index in [1.165, 1.54) is 13.5 Å². The van der Waals surface area contributed by atoms with E-state index in [-0.39, 0.29) is 48.4 Å². The van der Waals surface area contributed by atoms with Crippen LogP contribution in [0.25, 0.3) is 0 Å². The quantitative estimate of drug-likeness (QED) is 0.480. The van der Waals surface area contributed by atoms with E-state index in [1.54, 1.807) is 72.8 Å². The highest BCUT2D eigenvalue weighted by Gasteiger charge is 2.40. The number of hydrogen-bond acceptors (Lipinski definition) is 6. The van der Waals surface area contributed by atoms with Crippen molar-refractivity contribution in [3.8, 4) is 5.75 Å². The summed E-state index contributed by atoms with van der Waals surface area (Å²) in [7, 11) is -7.63. The van der Waals surface area contributed by atoms with Gasteiger partial charge in [0.15, 0.2) is 6.10 Å². The van der Waals surface area contributed by atoms with Gasteiger partial charge in [0.25, 0.3) is 15.9 Å². The van der Waals surface area contributed by atoms with Gasteiger partial charge in [-0.1, -0.05) is 47.5 Å². The van der Waals surface area contributed by atoms with Crippen molar-refractivity contribution in [2.75, 3.05) is 37.0 Å². The van der Waals surface area contributed by atoms with Gasteiger partial charge >= 0.3 is 0 Å². The smallest absolute Gasteiger partial charge is 0.265 e. The highest BCUT2D eigenvalue weighted by molar-refractivity contribution is 7.92. The van der Waals surface area contributed by atoms with Gasteiger partial charge in [0.1, 0.15) is 5.75 Å². The summed E-state index contributed by atoms with van der Waals surface area (Å²) in [5, 5.41) is 0. The van der Waals surface area contributed by atoms with Crippen molar-refractivity contribution in [3.05, 3.63) is 83.9 Å². The number of fused-ring (bicyclic) bond motifs is 1. The maximum absolute atomic E-state index is 13.6. The first-order chi connectivity index (χ1) is 18.1. The Bertz CT molecular complexity index is 1550. The molecule has 3 aromatic carbocycles. The van der Waals surface area contributed by atoms with E-state index in [9.17, 15) is 21.6 Å². The molecule has 1 fully saturated rings. The van der Waals surface area contributed by atoms with Gasteiger partial charge in [-0.3, -0.25) is 9.10 Å². The molecule has 2 heterocycles. The predicted octanol–water partition coefficient (Wildman–Crippen LogP) is 2.79. The molecule has 5 rings (SSSR count). The molecule has 1 atom stereocenters. The number of rotatable bonds is 5. The molecule has 0 aromatic heterocycles. The second kappa shape index (κ2) is 10.0. The van der Waals surface area contributed by atoms with E-state index >= 15 is 0 Å². The zero-order valence-electron chi connectivity index (χ0n) is 21.1. The molecule has 1 saturated heterocycles. The van der Waals surface area contributed by atoms with Gasteiger partial charge in [0, 0.05) is 26.2 Å². The number of aryl methyl sites for hydroxylation is 2. The minimum Gasteiger partial charge on any atom is -0.476 e. The molecular weight excluding hydrogens is 526 g/mol. The Kier molecular flexibility index (Phi) is 6.93. The highest BCUT2D eigenvalue weighted by Crippen LogP contribution is 2.37. The molecule has 0 N–H and O–H groups in total. The van der Waals surface area contributed by atoms with E-state index < -0.39 is 26.2 Å². The number of hydrogen-bond donors (Lipinski definition) is 0. The van der Waals surface area contributed by atoms with Crippen molar-refractivity contribution in [2.24, 2.45) is 0 Å². The second-order valence-corrected chi connectivity index (χ2v) is 13.3. The van der Waals surface area contributed by atoms with Crippen LogP contribution in [0.4, 0.5) is 5.69 Å². The minimum absolute atomic E-state index is 0.126. The minimum atomic E-state index is -3.96. The third kappa shape index (κ3) is 4.89. The summed E-state index contributed by atoms with van der Waals surface area (Å²) in [5.74, 6) is -0.0793.